The summed E-state index contributed by atoms with van der Waals surface area (Å²) in [5.74, 6) is -0.214. The van der Waals surface area contributed by atoms with Crippen LogP contribution in [-0.2, 0) is 18.4 Å². The number of nitrogens with zero attached hydrogens (tertiary/aromatic N) is 1. The monoisotopic (exact) mass is 755 g/mol. The fraction of sp³-hybridized carbons (Fsp3) is 0.837. The Morgan fingerprint density at radius 3 is 1.56 bits per heavy atom. The SMILES string of the molecule is CCCCCCCC/C=C/CC/C=C/C(O)C(COP(=O)([O-])OCC[N+](C)(C)C)NC(=O)CCCCCCCCC/C=C\CCCCCCCCC. The Hall–Kier alpha value is -1.28. The van der Waals surface area contributed by atoms with Crippen LogP contribution in [0, 0.1) is 0 Å². The second kappa shape index (κ2) is 35.4. The number of amides is 1. The van der Waals surface area contributed by atoms with E-state index in [0.29, 0.717) is 17.4 Å². The van der Waals surface area contributed by atoms with Crippen LogP contribution in [0.2, 0.25) is 0 Å². The molecule has 52 heavy (non-hydrogen) atoms. The molecule has 1 amide bonds. The topological polar surface area (TPSA) is 108 Å². The first-order valence-corrected chi connectivity index (χ1v) is 22.8. The summed E-state index contributed by atoms with van der Waals surface area (Å²) >= 11 is 0. The Bertz CT molecular complexity index is 948. The first-order chi connectivity index (χ1) is 25.0. The lowest BCUT2D eigenvalue weighted by Crippen LogP contribution is -2.45. The molecule has 0 aliphatic heterocycles. The Kier molecular flexibility index (Phi) is 34.6. The van der Waals surface area contributed by atoms with E-state index in [9.17, 15) is 19.4 Å². The quantitative estimate of drug-likeness (QED) is 0.0281. The van der Waals surface area contributed by atoms with Gasteiger partial charge in [-0.3, -0.25) is 9.36 Å². The number of allylic oxidation sites excluding steroid dienone is 5. The Labute approximate surface area is 321 Å². The van der Waals surface area contributed by atoms with Crippen LogP contribution >= 0.6 is 7.82 Å². The number of quaternary nitrogens is 1. The van der Waals surface area contributed by atoms with E-state index in [0.717, 1.165) is 38.5 Å². The van der Waals surface area contributed by atoms with Gasteiger partial charge in [-0.25, -0.2) is 0 Å². The Morgan fingerprint density at radius 2 is 1.08 bits per heavy atom. The van der Waals surface area contributed by atoms with Gasteiger partial charge in [-0.05, 0) is 57.8 Å². The van der Waals surface area contributed by atoms with E-state index in [2.05, 4.69) is 43.5 Å². The van der Waals surface area contributed by atoms with E-state index in [-0.39, 0.29) is 12.5 Å². The third-order valence-electron chi connectivity index (χ3n) is 9.32. The largest absolute Gasteiger partial charge is 0.756 e. The molecule has 0 saturated heterocycles. The Balaban J connectivity index is 4.45. The number of likely N-dealkylation sites (N-methyl/N-ethyl adjacent to an activating group) is 1. The predicted octanol–water partition coefficient (Wildman–Crippen LogP) is 10.9. The second-order valence-corrected chi connectivity index (χ2v) is 17.1. The number of rotatable bonds is 38. The van der Waals surface area contributed by atoms with Gasteiger partial charge < -0.3 is 28.8 Å². The smallest absolute Gasteiger partial charge is 0.268 e. The maximum absolute atomic E-state index is 12.8. The zero-order valence-electron chi connectivity index (χ0n) is 34.5. The van der Waals surface area contributed by atoms with Crippen molar-refractivity contribution in [3.63, 3.8) is 0 Å². The van der Waals surface area contributed by atoms with Crippen LogP contribution in [0.25, 0.3) is 0 Å². The molecule has 306 valence electrons. The molecule has 0 heterocycles. The van der Waals surface area contributed by atoms with Gasteiger partial charge in [-0.1, -0.05) is 153 Å². The van der Waals surface area contributed by atoms with Gasteiger partial charge in [0.1, 0.15) is 13.2 Å². The number of hydrogen-bond acceptors (Lipinski definition) is 6. The second-order valence-electron chi connectivity index (χ2n) is 15.7. The maximum Gasteiger partial charge on any atom is 0.268 e. The normalized spacial score (nSPS) is 14.8. The molecule has 2 N–H and O–H groups in total. The average Bonchev–Trinajstić information content (AvgIpc) is 3.09. The van der Waals surface area contributed by atoms with Crippen molar-refractivity contribution in [2.75, 3.05) is 40.9 Å². The van der Waals surface area contributed by atoms with Crippen molar-refractivity contribution in [2.24, 2.45) is 0 Å². The number of aliphatic hydroxyl groups excluding tert-OH is 1. The minimum Gasteiger partial charge on any atom is -0.756 e. The van der Waals surface area contributed by atoms with Crippen molar-refractivity contribution in [3.8, 4) is 0 Å². The average molecular weight is 755 g/mol. The van der Waals surface area contributed by atoms with Gasteiger partial charge in [0.2, 0.25) is 5.91 Å². The number of carbonyl (C=O) groups is 1. The van der Waals surface area contributed by atoms with Crippen LogP contribution in [-0.4, -0.2) is 68.5 Å². The fourth-order valence-corrected chi connectivity index (χ4v) is 6.59. The fourth-order valence-electron chi connectivity index (χ4n) is 5.87. The van der Waals surface area contributed by atoms with Crippen molar-refractivity contribution in [2.45, 2.75) is 193 Å². The molecule has 9 heteroatoms. The lowest BCUT2D eigenvalue weighted by Gasteiger charge is -2.29. The molecule has 0 saturated carbocycles. The van der Waals surface area contributed by atoms with Gasteiger partial charge in [0.05, 0.1) is 39.9 Å². The molecule has 0 fully saturated rings. The maximum atomic E-state index is 12.8. The molecule has 3 atom stereocenters. The van der Waals surface area contributed by atoms with Gasteiger partial charge in [-0.15, -0.1) is 0 Å². The lowest BCUT2D eigenvalue weighted by atomic mass is 10.1. The van der Waals surface area contributed by atoms with Crippen LogP contribution in [0.4, 0.5) is 0 Å². The number of aliphatic hydroxyl groups is 1. The molecule has 0 aliphatic rings. The van der Waals surface area contributed by atoms with Crippen molar-refractivity contribution in [3.05, 3.63) is 36.5 Å². The first-order valence-electron chi connectivity index (χ1n) is 21.4. The number of hydrogen-bond donors (Lipinski definition) is 2. The zero-order chi connectivity index (χ0) is 38.6. The highest BCUT2D eigenvalue weighted by Gasteiger charge is 2.23. The molecule has 0 aromatic rings. The van der Waals surface area contributed by atoms with Crippen molar-refractivity contribution in [1.29, 1.82) is 0 Å². The predicted molar refractivity (Wildman–Crippen MR) is 219 cm³/mol. The van der Waals surface area contributed by atoms with Crippen LogP contribution in [0.15, 0.2) is 36.5 Å². The van der Waals surface area contributed by atoms with Gasteiger partial charge in [-0.2, -0.15) is 0 Å². The third-order valence-corrected chi connectivity index (χ3v) is 10.3. The van der Waals surface area contributed by atoms with Gasteiger partial charge in [0.15, 0.2) is 0 Å². The standard InChI is InChI=1S/C43H83N2O6P/c1-6-8-10-12-14-16-18-20-21-22-23-24-25-27-29-31-33-35-37-43(47)44-41(40-51-52(48,49)50-39-38-45(3,4)5)42(46)36-34-32-30-28-26-19-17-15-13-11-9-7-2/h21-22,26,28,34,36,41-42,46H,6-20,23-25,27,29-33,35,37-40H2,1-5H3,(H-,44,47,48,49)/b22-21-,28-26+,36-34+. The van der Waals surface area contributed by atoms with Crippen LogP contribution in [0.1, 0.15) is 181 Å². The Morgan fingerprint density at radius 1 is 0.654 bits per heavy atom. The van der Waals surface area contributed by atoms with Crippen LogP contribution in [0.5, 0.6) is 0 Å². The van der Waals surface area contributed by atoms with Crippen molar-refractivity contribution in [1.82, 2.24) is 5.32 Å². The van der Waals surface area contributed by atoms with E-state index in [1.54, 1.807) is 6.08 Å². The van der Waals surface area contributed by atoms with Gasteiger partial charge >= 0.3 is 0 Å². The molecule has 3 unspecified atom stereocenters. The third kappa shape index (κ3) is 37.1. The van der Waals surface area contributed by atoms with E-state index in [4.69, 9.17) is 9.05 Å². The molecule has 0 radical (unpaired) electrons. The molecule has 0 aromatic heterocycles. The number of nitrogens with one attached hydrogen (secondary N) is 1. The van der Waals surface area contributed by atoms with Crippen LogP contribution in [0.3, 0.4) is 0 Å². The van der Waals surface area contributed by atoms with Crippen LogP contribution < -0.4 is 10.2 Å². The molecular weight excluding hydrogens is 671 g/mol. The zero-order valence-corrected chi connectivity index (χ0v) is 35.4. The lowest BCUT2D eigenvalue weighted by molar-refractivity contribution is -0.870. The van der Waals surface area contributed by atoms with E-state index in [1.807, 2.05) is 27.2 Å². The summed E-state index contributed by atoms with van der Waals surface area (Å²) in [6.07, 6.45) is 41.9. The minimum absolute atomic E-state index is 0.00740. The summed E-state index contributed by atoms with van der Waals surface area (Å²) in [5, 5.41) is 13.7. The molecule has 0 rings (SSSR count). The molecular formula is C43H83N2O6P. The highest BCUT2D eigenvalue weighted by molar-refractivity contribution is 7.45. The summed E-state index contributed by atoms with van der Waals surface area (Å²) in [6.45, 7) is 4.59. The minimum atomic E-state index is -4.59. The molecule has 8 nitrogen and oxygen atoms in total. The van der Waals surface area contributed by atoms with Crippen molar-refractivity contribution < 1.29 is 32.9 Å². The summed E-state index contributed by atoms with van der Waals surface area (Å²) < 4.78 is 23.1. The molecule has 0 spiro atoms. The summed E-state index contributed by atoms with van der Waals surface area (Å²) in [5.41, 5.74) is 0. The van der Waals surface area contributed by atoms with Crippen molar-refractivity contribution >= 4 is 13.7 Å². The first kappa shape index (κ1) is 50.7. The van der Waals surface area contributed by atoms with E-state index in [1.165, 1.54) is 122 Å². The van der Waals surface area contributed by atoms with E-state index >= 15 is 0 Å². The number of phosphoric acid groups is 1. The number of carbonyl (C=O) groups excluding carboxylic acids is 1. The van der Waals surface area contributed by atoms with Gasteiger partial charge in [0.25, 0.3) is 7.82 Å². The molecule has 0 aromatic carbocycles. The number of unbranched alkanes of at least 4 members (excludes halogenated alkanes) is 21. The molecule has 0 aliphatic carbocycles. The molecule has 0 bridgehead atoms. The summed E-state index contributed by atoms with van der Waals surface area (Å²) in [7, 11) is 1.24. The highest BCUT2D eigenvalue weighted by atomic mass is 31.2. The summed E-state index contributed by atoms with van der Waals surface area (Å²) in [6, 6.07) is -0.902. The van der Waals surface area contributed by atoms with E-state index < -0.39 is 26.6 Å². The summed E-state index contributed by atoms with van der Waals surface area (Å²) in [4.78, 5) is 25.2. The number of phosphoric ester groups is 1. The van der Waals surface area contributed by atoms with Gasteiger partial charge in [0, 0.05) is 6.42 Å². The highest BCUT2D eigenvalue weighted by Crippen LogP contribution is 2.38.